The van der Waals surface area contributed by atoms with E-state index in [2.05, 4.69) is 44.1 Å². The van der Waals surface area contributed by atoms with E-state index in [0.29, 0.717) is 17.8 Å². The van der Waals surface area contributed by atoms with Gasteiger partial charge in [-0.05, 0) is 60.5 Å². The minimum absolute atomic E-state index is 0.125. The predicted octanol–water partition coefficient (Wildman–Crippen LogP) is 4.26. The Balaban J connectivity index is 1.77. The Morgan fingerprint density at radius 1 is 1.23 bits per heavy atom. The number of aliphatic hydroxyl groups is 1. The Hall–Kier alpha value is -1.26. The maximum absolute atomic E-state index is 10.0. The topological polar surface area (TPSA) is 20.2 Å². The highest BCUT2D eigenvalue weighted by Crippen LogP contribution is 2.60. The summed E-state index contributed by atoms with van der Waals surface area (Å²) in [6.45, 7) is 4.76. The standard InChI is InChI=1S/C21H26O/c1-4-14-6-8-18-17-7-5-15-13-16(22)9-11-21(15,3)19(17)10-12-20(14,18)2/h1,5,7,10,12,14-16,18,22H,6,8-9,11,13H2,2-3H3/t14-,15+,16+,18?,20?,21-/m0/s1. The van der Waals surface area contributed by atoms with Crippen LogP contribution >= 0.6 is 0 Å². The van der Waals surface area contributed by atoms with Crippen molar-refractivity contribution in [3.8, 4) is 12.3 Å². The van der Waals surface area contributed by atoms with Gasteiger partial charge < -0.3 is 5.11 Å². The normalized spacial score (nSPS) is 49.4. The van der Waals surface area contributed by atoms with Crippen LogP contribution in [0.4, 0.5) is 0 Å². The third-order valence-electron chi connectivity index (χ3n) is 7.21. The highest BCUT2D eigenvalue weighted by atomic mass is 16.3. The van der Waals surface area contributed by atoms with Crippen LogP contribution in [0.1, 0.15) is 46.0 Å². The molecule has 0 aromatic heterocycles. The number of fused-ring (bicyclic) bond motifs is 4. The maximum Gasteiger partial charge on any atom is 0.0546 e. The molecule has 22 heavy (non-hydrogen) atoms. The Kier molecular flexibility index (Phi) is 3.01. The highest BCUT2D eigenvalue weighted by Gasteiger charge is 2.51. The van der Waals surface area contributed by atoms with Crippen LogP contribution in [0.5, 0.6) is 0 Å². The molecule has 1 heteroatoms. The van der Waals surface area contributed by atoms with Crippen LogP contribution in [0.15, 0.2) is 35.5 Å². The van der Waals surface area contributed by atoms with Gasteiger partial charge in [-0.3, -0.25) is 0 Å². The fraction of sp³-hybridized carbons (Fsp3) is 0.619. The molecule has 0 aromatic rings. The van der Waals surface area contributed by atoms with Crippen LogP contribution in [-0.2, 0) is 0 Å². The zero-order valence-corrected chi connectivity index (χ0v) is 13.7. The molecule has 0 aromatic carbocycles. The third kappa shape index (κ3) is 1.71. The summed E-state index contributed by atoms with van der Waals surface area (Å²) in [4.78, 5) is 0. The van der Waals surface area contributed by atoms with Gasteiger partial charge in [-0.25, -0.2) is 0 Å². The molecule has 116 valence electrons. The minimum Gasteiger partial charge on any atom is -0.393 e. The molecule has 1 nitrogen and oxygen atoms in total. The summed E-state index contributed by atoms with van der Waals surface area (Å²) < 4.78 is 0. The van der Waals surface area contributed by atoms with Crippen LogP contribution < -0.4 is 0 Å². The summed E-state index contributed by atoms with van der Waals surface area (Å²) in [7, 11) is 0. The highest BCUT2D eigenvalue weighted by molar-refractivity contribution is 5.50. The molecule has 0 heterocycles. The lowest BCUT2D eigenvalue weighted by atomic mass is 9.55. The number of rotatable bonds is 0. The lowest BCUT2D eigenvalue weighted by Crippen LogP contribution is -2.41. The van der Waals surface area contributed by atoms with E-state index in [1.165, 1.54) is 17.6 Å². The largest absolute Gasteiger partial charge is 0.393 e. The Labute approximate surface area is 134 Å². The van der Waals surface area contributed by atoms with Gasteiger partial charge in [0.1, 0.15) is 0 Å². The molecule has 6 atom stereocenters. The zero-order valence-electron chi connectivity index (χ0n) is 13.7. The summed E-state index contributed by atoms with van der Waals surface area (Å²) in [6, 6.07) is 0. The number of hydrogen-bond acceptors (Lipinski definition) is 1. The molecule has 0 bridgehead atoms. The molecule has 2 fully saturated rings. The molecule has 0 radical (unpaired) electrons. The van der Waals surface area contributed by atoms with E-state index in [1.54, 1.807) is 0 Å². The number of hydrogen-bond donors (Lipinski definition) is 1. The van der Waals surface area contributed by atoms with E-state index in [4.69, 9.17) is 6.42 Å². The summed E-state index contributed by atoms with van der Waals surface area (Å²) >= 11 is 0. The van der Waals surface area contributed by atoms with Crippen LogP contribution in [0.2, 0.25) is 0 Å². The van der Waals surface area contributed by atoms with Crippen molar-refractivity contribution in [2.75, 3.05) is 0 Å². The SMILES string of the molecule is C#C[C@H]1CCC2C3=C(C=CC21C)[C@@]1(C)CC[C@@H](O)C[C@H]1C=C3. The molecular weight excluding hydrogens is 268 g/mol. The second-order valence-electron chi connectivity index (χ2n) is 8.23. The van der Waals surface area contributed by atoms with Crippen molar-refractivity contribution in [1.29, 1.82) is 0 Å². The quantitative estimate of drug-likeness (QED) is 0.662. The van der Waals surface area contributed by atoms with Crippen molar-refractivity contribution in [3.63, 3.8) is 0 Å². The lowest BCUT2D eigenvalue weighted by molar-refractivity contribution is 0.0554. The number of allylic oxidation sites excluding steroid dienone is 6. The number of aliphatic hydroxyl groups excluding tert-OH is 1. The molecule has 0 aliphatic heterocycles. The smallest absolute Gasteiger partial charge is 0.0546 e. The molecule has 4 aliphatic carbocycles. The van der Waals surface area contributed by atoms with E-state index < -0.39 is 0 Å². The molecular formula is C21H26O. The van der Waals surface area contributed by atoms with Gasteiger partial charge in [0.25, 0.3) is 0 Å². The molecule has 4 aliphatic rings. The molecule has 2 saturated carbocycles. The van der Waals surface area contributed by atoms with Crippen molar-refractivity contribution >= 4 is 0 Å². The molecule has 0 amide bonds. The molecule has 0 saturated heterocycles. The second-order valence-corrected chi connectivity index (χ2v) is 8.23. The summed E-state index contributed by atoms with van der Waals surface area (Å²) in [5.41, 5.74) is 3.41. The van der Waals surface area contributed by atoms with Crippen LogP contribution in [-0.4, -0.2) is 11.2 Å². The van der Waals surface area contributed by atoms with Gasteiger partial charge >= 0.3 is 0 Å². The first kappa shape index (κ1) is 14.3. The van der Waals surface area contributed by atoms with Gasteiger partial charge in [-0.1, -0.05) is 38.2 Å². The van der Waals surface area contributed by atoms with Gasteiger partial charge in [0.15, 0.2) is 0 Å². The van der Waals surface area contributed by atoms with Crippen molar-refractivity contribution in [2.24, 2.45) is 28.6 Å². The average Bonchev–Trinajstić information content (AvgIpc) is 2.84. The van der Waals surface area contributed by atoms with Crippen LogP contribution in [0.25, 0.3) is 0 Å². The first-order chi connectivity index (χ1) is 10.5. The van der Waals surface area contributed by atoms with Crippen LogP contribution in [0.3, 0.4) is 0 Å². The third-order valence-corrected chi connectivity index (χ3v) is 7.21. The summed E-state index contributed by atoms with van der Waals surface area (Å²) in [6.07, 6.45) is 20.5. The molecule has 4 rings (SSSR count). The van der Waals surface area contributed by atoms with Crippen molar-refractivity contribution in [3.05, 3.63) is 35.5 Å². The van der Waals surface area contributed by atoms with Gasteiger partial charge in [0, 0.05) is 11.3 Å². The van der Waals surface area contributed by atoms with Gasteiger partial charge in [-0.15, -0.1) is 12.3 Å². The molecule has 2 unspecified atom stereocenters. The average molecular weight is 294 g/mol. The first-order valence-corrected chi connectivity index (χ1v) is 8.75. The number of terminal acetylenes is 1. The van der Waals surface area contributed by atoms with E-state index in [-0.39, 0.29) is 16.9 Å². The monoisotopic (exact) mass is 294 g/mol. The molecule has 0 spiro atoms. The Bertz CT molecular complexity index is 631. The van der Waals surface area contributed by atoms with E-state index in [1.807, 2.05) is 0 Å². The van der Waals surface area contributed by atoms with E-state index in [9.17, 15) is 5.11 Å². The fourth-order valence-electron chi connectivity index (χ4n) is 5.62. The fourth-order valence-corrected chi connectivity index (χ4v) is 5.62. The van der Waals surface area contributed by atoms with Crippen molar-refractivity contribution in [1.82, 2.24) is 0 Å². The van der Waals surface area contributed by atoms with E-state index in [0.717, 1.165) is 25.7 Å². The zero-order chi connectivity index (χ0) is 15.5. The van der Waals surface area contributed by atoms with Crippen LogP contribution in [0, 0.1) is 40.9 Å². The van der Waals surface area contributed by atoms with Gasteiger partial charge in [0.2, 0.25) is 0 Å². The Morgan fingerprint density at radius 3 is 2.82 bits per heavy atom. The molecule has 1 N–H and O–H groups in total. The van der Waals surface area contributed by atoms with Crippen molar-refractivity contribution < 1.29 is 5.11 Å². The summed E-state index contributed by atoms with van der Waals surface area (Å²) in [5, 5.41) is 10.0. The van der Waals surface area contributed by atoms with Gasteiger partial charge in [-0.2, -0.15) is 0 Å². The predicted molar refractivity (Wildman–Crippen MR) is 89.9 cm³/mol. The van der Waals surface area contributed by atoms with Gasteiger partial charge in [0.05, 0.1) is 6.10 Å². The van der Waals surface area contributed by atoms with Crippen molar-refractivity contribution in [2.45, 2.75) is 52.1 Å². The minimum atomic E-state index is -0.125. The maximum atomic E-state index is 10.0. The lowest BCUT2D eigenvalue weighted by Gasteiger charge is -2.49. The first-order valence-electron chi connectivity index (χ1n) is 8.75. The second kappa shape index (κ2) is 4.62. The summed E-state index contributed by atoms with van der Waals surface area (Å²) in [5.74, 6) is 4.47. The Morgan fingerprint density at radius 2 is 2.05 bits per heavy atom. The van der Waals surface area contributed by atoms with E-state index >= 15 is 0 Å².